The van der Waals surface area contributed by atoms with E-state index in [1.807, 2.05) is 13.8 Å². The first-order chi connectivity index (χ1) is 8.23. The van der Waals surface area contributed by atoms with Crippen LogP contribution in [0.2, 0.25) is 0 Å². The summed E-state index contributed by atoms with van der Waals surface area (Å²) in [6, 6.07) is 0. The molecular formula is C13H21NO4. The van der Waals surface area contributed by atoms with Crippen molar-refractivity contribution in [3.8, 4) is 0 Å². The van der Waals surface area contributed by atoms with Crippen molar-refractivity contribution in [2.75, 3.05) is 0 Å². The van der Waals surface area contributed by atoms with Crippen LogP contribution in [0.5, 0.6) is 0 Å². The lowest BCUT2D eigenvalue weighted by Gasteiger charge is -2.64. The number of nitro groups is 1. The van der Waals surface area contributed by atoms with Crippen LogP contribution in [0, 0.1) is 27.9 Å². The second-order valence-corrected chi connectivity index (χ2v) is 7.08. The molecule has 0 amide bonds. The maximum Gasteiger partial charge on any atom is 0.253 e. The number of hydrogen-bond donors (Lipinski definition) is 2. The standard InChI is InChI=1S/C13H21NO4/c1-8(2)13(16)10-3-9-4-11(15,6-10)7-12(13,5-9)14(17)18/h8-10,15-16H,3-7H2,1-2H3. The molecular weight excluding hydrogens is 234 g/mol. The summed E-state index contributed by atoms with van der Waals surface area (Å²) >= 11 is 0. The fourth-order valence-corrected chi connectivity index (χ4v) is 5.36. The van der Waals surface area contributed by atoms with E-state index in [0.29, 0.717) is 19.3 Å². The molecule has 4 saturated carbocycles. The molecule has 4 aliphatic carbocycles. The van der Waals surface area contributed by atoms with Crippen LogP contribution in [0.3, 0.4) is 0 Å². The topological polar surface area (TPSA) is 83.6 Å². The second-order valence-electron chi connectivity index (χ2n) is 7.08. The zero-order valence-corrected chi connectivity index (χ0v) is 10.9. The maximum absolute atomic E-state index is 11.6. The third-order valence-electron chi connectivity index (χ3n) is 5.76. The minimum Gasteiger partial charge on any atom is -0.390 e. The van der Waals surface area contributed by atoms with Crippen LogP contribution < -0.4 is 0 Å². The number of rotatable bonds is 2. The molecule has 0 aromatic heterocycles. The Morgan fingerprint density at radius 3 is 2.44 bits per heavy atom. The lowest BCUT2D eigenvalue weighted by molar-refractivity contribution is -0.624. The highest BCUT2D eigenvalue weighted by atomic mass is 16.6. The lowest BCUT2D eigenvalue weighted by atomic mass is 9.43. The largest absolute Gasteiger partial charge is 0.390 e. The smallest absolute Gasteiger partial charge is 0.253 e. The molecule has 0 aromatic carbocycles. The van der Waals surface area contributed by atoms with Gasteiger partial charge in [-0.2, -0.15) is 0 Å². The SMILES string of the molecule is CC(C)C1(O)C2CC3CC(O)(C2)CC1([N+](=O)[O-])C3. The average molecular weight is 255 g/mol. The highest BCUT2D eigenvalue weighted by molar-refractivity contribution is 5.21. The predicted octanol–water partition coefficient (Wildman–Crippen LogP) is 1.34. The van der Waals surface area contributed by atoms with Gasteiger partial charge in [0, 0.05) is 17.8 Å². The summed E-state index contributed by atoms with van der Waals surface area (Å²) in [5.41, 5.74) is -3.51. The highest BCUT2D eigenvalue weighted by Gasteiger charge is 2.76. The van der Waals surface area contributed by atoms with Gasteiger partial charge < -0.3 is 10.2 Å². The molecule has 0 aliphatic heterocycles. The summed E-state index contributed by atoms with van der Waals surface area (Å²) < 4.78 is 0. The number of aliphatic hydroxyl groups is 2. The molecule has 0 radical (unpaired) electrons. The zero-order chi connectivity index (χ0) is 13.3. The van der Waals surface area contributed by atoms with Crippen LogP contribution in [-0.4, -0.2) is 31.9 Å². The Bertz CT molecular complexity index is 412. The minimum atomic E-state index is -1.33. The van der Waals surface area contributed by atoms with Gasteiger partial charge in [-0.1, -0.05) is 13.8 Å². The normalized spacial score (nSPS) is 54.1. The molecule has 102 valence electrons. The summed E-state index contributed by atoms with van der Waals surface area (Å²) in [6.45, 7) is 3.72. The summed E-state index contributed by atoms with van der Waals surface area (Å²) in [6.07, 6.45) is 2.57. The van der Waals surface area contributed by atoms with E-state index in [0.717, 1.165) is 6.42 Å². The first-order valence-corrected chi connectivity index (χ1v) is 6.83. The van der Waals surface area contributed by atoms with Crippen LogP contribution in [0.4, 0.5) is 0 Å². The van der Waals surface area contributed by atoms with Gasteiger partial charge in [-0.3, -0.25) is 10.1 Å². The molecule has 0 saturated heterocycles. The van der Waals surface area contributed by atoms with Crippen LogP contribution >= 0.6 is 0 Å². The van der Waals surface area contributed by atoms with Crippen molar-refractivity contribution in [2.24, 2.45) is 17.8 Å². The van der Waals surface area contributed by atoms with Gasteiger partial charge in [-0.05, 0) is 37.0 Å². The quantitative estimate of drug-likeness (QED) is 0.576. The van der Waals surface area contributed by atoms with Gasteiger partial charge in [-0.25, -0.2) is 0 Å². The summed E-state index contributed by atoms with van der Waals surface area (Å²) in [4.78, 5) is 11.4. The molecule has 4 fully saturated rings. The fourth-order valence-electron chi connectivity index (χ4n) is 5.36. The van der Waals surface area contributed by atoms with Gasteiger partial charge in [0.05, 0.1) is 5.60 Å². The lowest BCUT2D eigenvalue weighted by Crippen LogP contribution is -2.77. The average Bonchev–Trinajstić information content (AvgIpc) is 2.22. The van der Waals surface area contributed by atoms with Crippen molar-refractivity contribution in [1.29, 1.82) is 0 Å². The van der Waals surface area contributed by atoms with E-state index in [4.69, 9.17) is 0 Å². The van der Waals surface area contributed by atoms with Crippen LogP contribution in [0.1, 0.15) is 46.0 Å². The summed E-state index contributed by atoms with van der Waals surface area (Å²) in [5, 5.41) is 33.2. The molecule has 2 N–H and O–H groups in total. The van der Waals surface area contributed by atoms with Crippen molar-refractivity contribution in [3.05, 3.63) is 10.1 Å². The molecule has 0 heterocycles. The Morgan fingerprint density at radius 2 is 1.94 bits per heavy atom. The maximum atomic E-state index is 11.6. The van der Waals surface area contributed by atoms with Crippen molar-refractivity contribution in [1.82, 2.24) is 0 Å². The first-order valence-electron chi connectivity index (χ1n) is 6.83. The molecule has 5 nitrogen and oxygen atoms in total. The zero-order valence-electron chi connectivity index (χ0n) is 10.9. The second kappa shape index (κ2) is 3.25. The molecule has 18 heavy (non-hydrogen) atoms. The van der Waals surface area contributed by atoms with Gasteiger partial charge in [0.25, 0.3) is 5.54 Å². The minimum absolute atomic E-state index is 0.120. The van der Waals surface area contributed by atoms with E-state index in [1.54, 1.807) is 0 Å². The van der Waals surface area contributed by atoms with Crippen molar-refractivity contribution in [3.63, 3.8) is 0 Å². The number of nitrogens with zero attached hydrogens (tertiary/aromatic N) is 1. The van der Waals surface area contributed by atoms with Gasteiger partial charge >= 0.3 is 0 Å². The van der Waals surface area contributed by atoms with Crippen molar-refractivity contribution < 1.29 is 15.1 Å². The molecule has 0 spiro atoms. The van der Waals surface area contributed by atoms with Gasteiger partial charge in [0.1, 0.15) is 5.60 Å². The Balaban J connectivity index is 2.15. The van der Waals surface area contributed by atoms with E-state index in [2.05, 4.69) is 0 Å². The van der Waals surface area contributed by atoms with E-state index in [1.165, 1.54) is 0 Å². The summed E-state index contributed by atoms with van der Waals surface area (Å²) in [7, 11) is 0. The van der Waals surface area contributed by atoms with Crippen LogP contribution in [0.15, 0.2) is 0 Å². The van der Waals surface area contributed by atoms with E-state index in [9.17, 15) is 20.3 Å². The molecule has 5 unspecified atom stereocenters. The Labute approximate surface area is 106 Å². The van der Waals surface area contributed by atoms with E-state index < -0.39 is 16.7 Å². The Morgan fingerprint density at radius 1 is 1.28 bits per heavy atom. The van der Waals surface area contributed by atoms with Crippen molar-refractivity contribution >= 4 is 0 Å². The number of hydrogen-bond acceptors (Lipinski definition) is 4. The van der Waals surface area contributed by atoms with Crippen LogP contribution in [0.25, 0.3) is 0 Å². The molecule has 5 heteroatoms. The van der Waals surface area contributed by atoms with Crippen molar-refractivity contribution in [2.45, 2.75) is 62.7 Å². The van der Waals surface area contributed by atoms with E-state index in [-0.39, 0.29) is 29.1 Å². The molecule has 0 aromatic rings. The third kappa shape index (κ3) is 1.19. The predicted molar refractivity (Wildman–Crippen MR) is 64.5 cm³/mol. The molecule has 4 rings (SSSR count). The monoisotopic (exact) mass is 255 g/mol. The fraction of sp³-hybridized carbons (Fsp3) is 1.00. The molecule has 5 atom stereocenters. The third-order valence-corrected chi connectivity index (χ3v) is 5.76. The molecule has 4 aliphatic rings. The first kappa shape index (κ1) is 12.4. The Kier molecular flexibility index (Phi) is 2.23. The van der Waals surface area contributed by atoms with Gasteiger partial charge in [0.15, 0.2) is 0 Å². The summed E-state index contributed by atoms with van der Waals surface area (Å²) in [5.74, 6) is -0.0856. The van der Waals surface area contributed by atoms with Gasteiger partial charge in [0.2, 0.25) is 0 Å². The molecule has 4 bridgehead atoms. The highest BCUT2D eigenvalue weighted by Crippen LogP contribution is 2.64. The Hall–Kier alpha value is -0.680. The van der Waals surface area contributed by atoms with E-state index >= 15 is 0 Å². The van der Waals surface area contributed by atoms with Gasteiger partial charge in [-0.15, -0.1) is 0 Å². The van der Waals surface area contributed by atoms with Crippen LogP contribution in [-0.2, 0) is 0 Å².